The molecule has 2 aromatic rings. The summed E-state index contributed by atoms with van der Waals surface area (Å²) in [7, 11) is -3.75. The van der Waals surface area contributed by atoms with E-state index in [1.807, 2.05) is 19.1 Å². The Morgan fingerprint density at radius 1 is 1.30 bits per heavy atom. The molecule has 1 aromatic carbocycles. The molecule has 1 unspecified atom stereocenters. The van der Waals surface area contributed by atoms with Gasteiger partial charge in [0.2, 0.25) is 10.0 Å². The van der Waals surface area contributed by atoms with Crippen LogP contribution in [0.25, 0.3) is 0 Å². The third-order valence-corrected chi connectivity index (χ3v) is 5.07. The lowest BCUT2D eigenvalue weighted by Crippen LogP contribution is -2.13. The quantitative estimate of drug-likeness (QED) is 0.750. The van der Waals surface area contributed by atoms with Crippen LogP contribution in [0, 0.1) is 0 Å². The zero-order chi connectivity index (χ0) is 14.9. The molecule has 0 aliphatic carbocycles. The fourth-order valence-corrected chi connectivity index (χ4v) is 3.31. The van der Waals surface area contributed by atoms with Crippen molar-refractivity contribution >= 4 is 44.3 Å². The maximum Gasteiger partial charge on any atom is 0.238 e. The maximum atomic E-state index is 11.3. The Morgan fingerprint density at radius 2 is 2.00 bits per heavy atom. The number of hydrogen-bond donors (Lipinski definition) is 3. The summed E-state index contributed by atoms with van der Waals surface area (Å²) >= 11 is 7.34. The third-order valence-electron chi connectivity index (χ3n) is 2.75. The summed E-state index contributed by atoms with van der Waals surface area (Å²) in [6.07, 6.45) is 0. The highest BCUT2D eigenvalue weighted by atomic mass is 35.5. The van der Waals surface area contributed by atoms with Crippen LogP contribution in [-0.4, -0.2) is 8.42 Å². The van der Waals surface area contributed by atoms with Crippen LogP contribution in [0.5, 0.6) is 0 Å². The predicted octanol–water partition coefficient (Wildman–Crippen LogP) is 2.80. The highest BCUT2D eigenvalue weighted by molar-refractivity contribution is 7.89. The van der Waals surface area contributed by atoms with Crippen LogP contribution < -0.4 is 16.2 Å². The molecule has 0 radical (unpaired) electrons. The van der Waals surface area contributed by atoms with E-state index >= 15 is 0 Å². The second kappa shape index (κ2) is 5.61. The summed E-state index contributed by atoms with van der Waals surface area (Å²) in [5.41, 5.74) is 6.82. The molecular weight excluding hydrogens is 318 g/mol. The van der Waals surface area contributed by atoms with Crippen LogP contribution >= 0.6 is 22.9 Å². The summed E-state index contributed by atoms with van der Waals surface area (Å²) in [6, 6.07) is 7.98. The summed E-state index contributed by atoms with van der Waals surface area (Å²) in [6.45, 7) is 1.94. The Hall–Kier alpha value is -1.28. The first-order chi connectivity index (χ1) is 9.27. The maximum absolute atomic E-state index is 11.3. The molecule has 20 heavy (non-hydrogen) atoms. The van der Waals surface area contributed by atoms with E-state index in [-0.39, 0.29) is 10.9 Å². The second-order valence-corrected chi connectivity index (χ2v) is 7.61. The Labute approximate surface area is 126 Å². The third kappa shape index (κ3) is 3.43. The summed E-state index contributed by atoms with van der Waals surface area (Å²) < 4.78 is 23.4. The predicted molar refractivity (Wildman–Crippen MR) is 83.6 cm³/mol. The fourth-order valence-electron chi connectivity index (χ4n) is 1.70. The number of rotatable bonds is 4. The lowest BCUT2D eigenvalue weighted by atomic mass is 10.2. The number of nitrogens with one attached hydrogen (secondary N) is 1. The molecular formula is C12H14ClN3O2S2. The minimum Gasteiger partial charge on any atom is -0.397 e. The van der Waals surface area contributed by atoms with Crippen LogP contribution in [0.2, 0.25) is 4.34 Å². The van der Waals surface area contributed by atoms with E-state index in [9.17, 15) is 8.42 Å². The van der Waals surface area contributed by atoms with E-state index in [0.717, 1.165) is 4.88 Å². The lowest BCUT2D eigenvalue weighted by Gasteiger charge is -2.16. The normalized spacial score (nSPS) is 13.2. The number of thiophene rings is 1. The Morgan fingerprint density at radius 3 is 2.55 bits per heavy atom. The van der Waals surface area contributed by atoms with Gasteiger partial charge in [0.1, 0.15) is 0 Å². The average Bonchev–Trinajstić information content (AvgIpc) is 2.77. The van der Waals surface area contributed by atoms with Gasteiger partial charge >= 0.3 is 0 Å². The Kier molecular flexibility index (Phi) is 4.24. The van der Waals surface area contributed by atoms with Gasteiger partial charge in [0.15, 0.2) is 0 Å². The SMILES string of the molecule is CC(Nc1cc(S(N)(=O)=O)ccc1N)c1ccc(Cl)s1. The van der Waals surface area contributed by atoms with E-state index in [1.54, 1.807) is 0 Å². The number of sulfonamides is 1. The van der Waals surface area contributed by atoms with Gasteiger partial charge in [-0.2, -0.15) is 0 Å². The first-order valence-corrected chi connectivity index (χ1v) is 8.45. The second-order valence-electron chi connectivity index (χ2n) is 4.30. The van der Waals surface area contributed by atoms with E-state index in [0.29, 0.717) is 15.7 Å². The van der Waals surface area contributed by atoms with Gasteiger partial charge in [0.25, 0.3) is 0 Å². The van der Waals surface area contributed by atoms with E-state index in [1.165, 1.54) is 29.5 Å². The molecule has 2 rings (SSSR count). The largest absolute Gasteiger partial charge is 0.397 e. The number of halogens is 1. The molecule has 1 atom stereocenters. The van der Waals surface area contributed by atoms with E-state index in [2.05, 4.69) is 5.32 Å². The molecule has 5 nitrogen and oxygen atoms in total. The first kappa shape index (κ1) is 15.1. The van der Waals surface area contributed by atoms with Crippen LogP contribution in [0.3, 0.4) is 0 Å². The molecule has 0 saturated heterocycles. The van der Waals surface area contributed by atoms with E-state index < -0.39 is 10.0 Å². The van der Waals surface area contributed by atoms with Gasteiger partial charge in [-0.1, -0.05) is 11.6 Å². The van der Waals surface area contributed by atoms with Gasteiger partial charge in [-0.25, -0.2) is 13.6 Å². The number of anilines is 2. The molecule has 0 bridgehead atoms. The molecule has 108 valence electrons. The van der Waals surface area contributed by atoms with Crippen molar-refractivity contribution in [3.8, 4) is 0 Å². The van der Waals surface area contributed by atoms with Crippen molar-refractivity contribution in [1.82, 2.24) is 0 Å². The van der Waals surface area contributed by atoms with Crippen molar-refractivity contribution in [2.45, 2.75) is 17.9 Å². The van der Waals surface area contributed by atoms with Crippen LogP contribution in [-0.2, 0) is 10.0 Å². The van der Waals surface area contributed by atoms with Crippen LogP contribution in [0.15, 0.2) is 35.2 Å². The first-order valence-electron chi connectivity index (χ1n) is 5.71. The van der Waals surface area contributed by atoms with Crippen molar-refractivity contribution < 1.29 is 8.42 Å². The molecule has 0 amide bonds. The van der Waals surface area contributed by atoms with E-state index in [4.69, 9.17) is 22.5 Å². The van der Waals surface area contributed by atoms with Crippen LogP contribution in [0.1, 0.15) is 17.8 Å². The van der Waals surface area contributed by atoms with Crippen molar-refractivity contribution in [2.75, 3.05) is 11.1 Å². The highest BCUT2D eigenvalue weighted by Crippen LogP contribution is 2.31. The smallest absolute Gasteiger partial charge is 0.238 e. The van der Waals surface area contributed by atoms with Crippen LogP contribution in [0.4, 0.5) is 11.4 Å². The molecule has 1 aromatic heterocycles. The molecule has 5 N–H and O–H groups in total. The average molecular weight is 332 g/mol. The number of hydrogen-bond acceptors (Lipinski definition) is 5. The van der Waals surface area contributed by atoms with Crippen molar-refractivity contribution in [3.63, 3.8) is 0 Å². The number of nitrogen functional groups attached to an aromatic ring is 1. The molecule has 0 fully saturated rings. The number of nitrogens with two attached hydrogens (primary N) is 2. The van der Waals surface area contributed by atoms with Gasteiger partial charge in [-0.05, 0) is 37.3 Å². The zero-order valence-corrected chi connectivity index (χ0v) is 13.0. The standard InChI is InChI=1S/C12H14ClN3O2S2/c1-7(11-4-5-12(13)19-11)16-10-6-8(20(15,17)18)2-3-9(10)14/h2-7,16H,14H2,1H3,(H2,15,17,18). The topological polar surface area (TPSA) is 98.2 Å². The van der Waals surface area contributed by atoms with Crippen molar-refractivity contribution in [2.24, 2.45) is 5.14 Å². The monoisotopic (exact) mass is 331 g/mol. The molecule has 0 aliphatic rings. The molecule has 0 saturated carbocycles. The van der Waals surface area contributed by atoms with Gasteiger partial charge in [-0.15, -0.1) is 11.3 Å². The molecule has 8 heteroatoms. The Balaban J connectivity index is 2.29. The Bertz CT molecular complexity index is 728. The molecule has 0 spiro atoms. The minimum atomic E-state index is -3.75. The van der Waals surface area contributed by atoms with Gasteiger partial charge in [0, 0.05) is 4.88 Å². The fraction of sp³-hybridized carbons (Fsp3) is 0.167. The minimum absolute atomic E-state index is 0.0191. The summed E-state index contributed by atoms with van der Waals surface area (Å²) in [5.74, 6) is 0. The summed E-state index contributed by atoms with van der Waals surface area (Å²) in [4.78, 5) is 1.04. The van der Waals surface area contributed by atoms with Gasteiger partial charge in [-0.3, -0.25) is 0 Å². The molecule has 1 heterocycles. The zero-order valence-electron chi connectivity index (χ0n) is 10.6. The summed E-state index contributed by atoms with van der Waals surface area (Å²) in [5, 5.41) is 8.27. The number of benzene rings is 1. The van der Waals surface area contributed by atoms with Crippen molar-refractivity contribution in [1.29, 1.82) is 0 Å². The van der Waals surface area contributed by atoms with Gasteiger partial charge in [0.05, 0.1) is 26.6 Å². The van der Waals surface area contributed by atoms with Crippen molar-refractivity contribution in [3.05, 3.63) is 39.5 Å². The highest BCUT2D eigenvalue weighted by Gasteiger charge is 2.13. The van der Waals surface area contributed by atoms with Gasteiger partial charge < -0.3 is 11.1 Å². The number of primary sulfonamides is 1. The molecule has 0 aliphatic heterocycles. The lowest BCUT2D eigenvalue weighted by molar-refractivity contribution is 0.598.